The minimum absolute atomic E-state index is 0.0131. The highest BCUT2D eigenvalue weighted by Crippen LogP contribution is 2.28. The first kappa shape index (κ1) is 20.6. The molecule has 4 rings (SSSR count). The number of rotatable bonds is 4. The van der Waals surface area contributed by atoms with Gasteiger partial charge in [0.25, 0.3) is 11.5 Å². The van der Waals surface area contributed by atoms with E-state index in [-0.39, 0.29) is 39.6 Å². The molecule has 4 aromatic rings. The van der Waals surface area contributed by atoms with Crippen molar-refractivity contribution in [3.63, 3.8) is 0 Å². The molecule has 160 valence electrons. The van der Waals surface area contributed by atoms with Crippen LogP contribution in [0, 0.1) is 23.3 Å². The van der Waals surface area contributed by atoms with E-state index in [0.29, 0.717) is 0 Å². The molecule has 2 aromatic heterocycles. The second kappa shape index (κ2) is 7.53. The maximum atomic E-state index is 14.0. The number of fused-ring (bicyclic) bond motifs is 2. The third-order valence-electron chi connectivity index (χ3n) is 5.24. The SMILES string of the molecule is CCN(C(=O)c1cc2c(F)c(F)ccc2[nH]1)[C@@H](C)c1n[nH]c(=O)c2cc(F)c(F)cc12. The molecule has 0 aliphatic heterocycles. The van der Waals surface area contributed by atoms with Crippen LogP contribution in [0.3, 0.4) is 0 Å². The Bertz CT molecular complexity index is 1400. The van der Waals surface area contributed by atoms with Crippen LogP contribution in [-0.4, -0.2) is 32.5 Å². The monoisotopic (exact) mass is 432 g/mol. The van der Waals surface area contributed by atoms with Crippen molar-refractivity contribution in [3.05, 3.63) is 75.3 Å². The van der Waals surface area contributed by atoms with Crippen molar-refractivity contribution in [3.8, 4) is 0 Å². The highest BCUT2D eigenvalue weighted by Gasteiger charge is 2.27. The van der Waals surface area contributed by atoms with Crippen LogP contribution in [0.25, 0.3) is 21.7 Å². The lowest BCUT2D eigenvalue weighted by atomic mass is 10.0. The van der Waals surface area contributed by atoms with Crippen LogP contribution in [0.5, 0.6) is 0 Å². The molecule has 0 spiro atoms. The Morgan fingerprint density at radius 1 is 1.03 bits per heavy atom. The molecule has 0 bridgehead atoms. The summed E-state index contributed by atoms with van der Waals surface area (Å²) in [6, 6.07) is 4.34. The van der Waals surface area contributed by atoms with E-state index in [1.807, 2.05) is 0 Å². The molecule has 2 aromatic carbocycles. The minimum atomic E-state index is -1.18. The Hall–Kier alpha value is -3.69. The van der Waals surface area contributed by atoms with Crippen molar-refractivity contribution < 1.29 is 22.4 Å². The molecule has 0 unspecified atom stereocenters. The minimum Gasteiger partial charge on any atom is -0.350 e. The fourth-order valence-electron chi connectivity index (χ4n) is 3.65. The van der Waals surface area contributed by atoms with E-state index in [4.69, 9.17) is 0 Å². The van der Waals surface area contributed by atoms with E-state index < -0.39 is 40.8 Å². The van der Waals surface area contributed by atoms with Gasteiger partial charge in [-0.05, 0) is 44.2 Å². The molecular formula is C21H16F4N4O2. The summed E-state index contributed by atoms with van der Waals surface area (Å²) < 4.78 is 55.0. The van der Waals surface area contributed by atoms with Gasteiger partial charge in [-0.25, -0.2) is 22.7 Å². The molecule has 1 amide bonds. The largest absolute Gasteiger partial charge is 0.350 e. The molecule has 2 heterocycles. The molecule has 31 heavy (non-hydrogen) atoms. The number of halogens is 4. The Labute approximate surface area is 172 Å². The average molecular weight is 432 g/mol. The van der Waals surface area contributed by atoms with E-state index in [0.717, 1.165) is 18.2 Å². The molecule has 2 N–H and O–H groups in total. The van der Waals surface area contributed by atoms with Gasteiger partial charge >= 0.3 is 0 Å². The highest BCUT2D eigenvalue weighted by atomic mass is 19.2. The Morgan fingerprint density at radius 3 is 2.39 bits per heavy atom. The molecule has 6 nitrogen and oxygen atoms in total. The van der Waals surface area contributed by atoms with Crippen LogP contribution < -0.4 is 5.56 Å². The number of aromatic nitrogens is 3. The van der Waals surface area contributed by atoms with Gasteiger partial charge < -0.3 is 9.88 Å². The predicted molar refractivity (Wildman–Crippen MR) is 106 cm³/mol. The third-order valence-corrected chi connectivity index (χ3v) is 5.24. The molecule has 0 aliphatic carbocycles. The van der Waals surface area contributed by atoms with Crippen molar-refractivity contribution in [2.45, 2.75) is 19.9 Å². The summed E-state index contributed by atoms with van der Waals surface area (Å²) in [5.41, 5.74) is -0.292. The van der Waals surface area contributed by atoms with Gasteiger partial charge in [0.15, 0.2) is 23.3 Å². The van der Waals surface area contributed by atoms with Crippen LogP contribution in [0.15, 0.2) is 35.1 Å². The maximum Gasteiger partial charge on any atom is 0.272 e. The number of hydrogen-bond donors (Lipinski definition) is 2. The molecule has 10 heteroatoms. The van der Waals surface area contributed by atoms with E-state index in [1.165, 1.54) is 17.0 Å². The zero-order chi connectivity index (χ0) is 22.4. The maximum absolute atomic E-state index is 14.0. The number of carbonyl (C=O) groups excluding carboxylic acids is 1. The van der Waals surface area contributed by atoms with Crippen LogP contribution >= 0.6 is 0 Å². The quantitative estimate of drug-likeness (QED) is 0.475. The number of nitrogens with one attached hydrogen (secondary N) is 2. The number of carbonyl (C=O) groups is 1. The highest BCUT2D eigenvalue weighted by molar-refractivity contribution is 5.98. The molecular weight excluding hydrogens is 416 g/mol. The fourth-order valence-corrected chi connectivity index (χ4v) is 3.65. The van der Waals surface area contributed by atoms with Crippen molar-refractivity contribution >= 4 is 27.6 Å². The molecule has 0 aliphatic rings. The van der Waals surface area contributed by atoms with E-state index in [1.54, 1.807) is 13.8 Å². The summed E-state index contributed by atoms with van der Waals surface area (Å²) in [6.45, 7) is 3.47. The Kier molecular flexibility index (Phi) is 5.00. The van der Waals surface area contributed by atoms with Gasteiger partial charge in [-0.1, -0.05) is 0 Å². The number of benzene rings is 2. The second-order valence-electron chi connectivity index (χ2n) is 7.02. The van der Waals surface area contributed by atoms with Crippen LogP contribution in [0.1, 0.15) is 36.1 Å². The van der Waals surface area contributed by atoms with E-state index in [2.05, 4.69) is 15.2 Å². The molecule has 0 saturated carbocycles. The van der Waals surface area contributed by atoms with Gasteiger partial charge in [0.1, 0.15) is 5.69 Å². The number of aromatic amines is 2. The lowest BCUT2D eigenvalue weighted by Gasteiger charge is -2.27. The predicted octanol–water partition coefficient (Wildman–Crippen LogP) is 4.18. The number of nitrogens with zero attached hydrogens (tertiary/aromatic N) is 2. The summed E-state index contributed by atoms with van der Waals surface area (Å²) in [5.74, 6) is -5.00. The third kappa shape index (κ3) is 3.33. The lowest BCUT2D eigenvalue weighted by Crippen LogP contribution is -2.34. The number of H-pyrrole nitrogens is 2. The number of hydrogen-bond acceptors (Lipinski definition) is 3. The fraction of sp³-hybridized carbons (Fsp3) is 0.190. The van der Waals surface area contributed by atoms with Gasteiger partial charge in [-0.2, -0.15) is 5.10 Å². The zero-order valence-corrected chi connectivity index (χ0v) is 16.4. The van der Waals surface area contributed by atoms with Crippen molar-refractivity contribution in [2.24, 2.45) is 0 Å². The Morgan fingerprint density at radius 2 is 1.71 bits per heavy atom. The summed E-state index contributed by atoms with van der Waals surface area (Å²) in [4.78, 5) is 29.2. The van der Waals surface area contributed by atoms with Crippen molar-refractivity contribution in [1.29, 1.82) is 0 Å². The van der Waals surface area contributed by atoms with E-state index >= 15 is 0 Å². The van der Waals surface area contributed by atoms with Gasteiger partial charge in [-0.15, -0.1) is 0 Å². The molecule has 1 atom stereocenters. The summed E-state index contributed by atoms with van der Waals surface area (Å²) >= 11 is 0. The topological polar surface area (TPSA) is 81.8 Å². The first-order valence-electron chi connectivity index (χ1n) is 9.38. The zero-order valence-electron chi connectivity index (χ0n) is 16.4. The average Bonchev–Trinajstić information content (AvgIpc) is 3.18. The van der Waals surface area contributed by atoms with Gasteiger partial charge in [0, 0.05) is 22.8 Å². The summed E-state index contributed by atoms with van der Waals surface area (Å²) in [5, 5.41) is 6.06. The van der Waals surface area contributed by atoms with Crippen molar-refractivity contribution in [2.75, 3.05) is 6.54 Å². The second-order valence-corrected chi connectivity index (χ2v) is 7.02. The van der Waals surface area contributed by atoms with Gasteiger partial charge in [0.05, 0.1) is 17.1 Å². The van der Waals surface area contributed by atoms with Gasteiger partial charge in [0.2, 0.25) is 0 Å². The van der Waals surface area contributed by atoms with Gasteiger partial charge in [-0.3, -0.25) is 9.59 Å². The number of amides is 1. The van der Waals surface area contributed by atoms with Crippen LogP contribution in [0.2, 0.25) is 0 Å². The Balaban J connectivity index is 1.79. The van der Waals surface area contributed by atoms with Crippen LogP contribution in [-0.2, 0) is 0 Å². The normalized spacial score (nSPS) is 12.5. The summed E-state index contributed by atoms with van der Waals surface area (Å²) in [7, 11) is 0. The molecule has 0 radical (unpaired) electrons. The summed E-state index contributed by atoms with van der Waals surface area (Å²) in [6.07, 6.45) is 0. The molecule has 0 saturated heterocycles. The first-order valence-corrected chi connectivity index (χ1v) is 9.38. The van der Waals surface area contributed by atoms with Crippen LogP contribution in [0.4, 0.5) is 17.6 Å². The van der Waals surface area contributed by atoms with Crippen molar-refractivity contribution in [1.82, 2.24) is 20.1 Å². The smallest absolute Gasteiger partial charge is 0.272 e. The van der Waals surface area contributed by atoms with E-state index in [9.17, 15) is 27.2 Å². The lowest BCUT2D eigenvalue weighted by molar-refractivity contribution is 0.0694. The molecule has 0 fully saturated rings. The first-order chi connectivity index (χ1) is 14.7. The standard InChI is InChI=1S/C21H16F4N4O2/c1-3-29(21(31)17-8-12-16(26-17)5-4-13(22)18(12)25)9(2)19-10-6-14(23)15(24)7-11(10)20(30)28-27-19/h4-9,26H,3H2,1-2H3,(H,28,30)/t9-/m0/s1.